The zero-order chi connectivity index (χ0) is 13.9. The average molecular weight is 272 g/mol. The molecular weight excluding hydrogens is 244 g/mol. The second-order valence-corrected chi connectivity index (χ2v) is 6.68. The summed E-state index contributed by atoms with van der Waals surface area (Å²) in [4.78, 5) is 5.49. The van der Waals surface area contributed by atoms with E-state index in [2.05, 4.69) is 54.0 Å². The van der Waals surface area contributed by atoms with Crippen LogP contribution in [0, 0.1) is 5.92 Å². The lowest BCUT2D eigenvalue weighted by Crippen LogP contribution is -2.52. The fourth-order valence-corrected chi connectivity index (χ4v) is 3.80. The summed E-state index contributed by atoms with van der Waals surface area (Å²) in [6.45, 7) is 9.76. The summed E-state index contributed by atoms with van der Waals surface area (Å²) in [7, 11) is 0. The number of benzene rings is 1. The largest absolute Gasteiger partial charge is 0.297 e. The van der Waals surface area contributed by atoms with Crippen molar-refractivity contribution >= 4 is 0 Å². The monoisotopic (exact) mass is 272 g/mol. The van der Waals surface area contributed by atoms with Crippen molar-refractivity contribution in [3.63, 3.8) is 0 Å². The third kappa shape index (κ3) is 2.91. The van der Waals surface area contributed by atoms with Gasteiger partial charge in [-0.15, -0.1) is 0 Å². The molecule has 2 saturated heterocycles. The molecule has 2 heteroatoms. The van der Waals surface area contributed by atoms with Gasteiger partial charge >= 0.3 is 0 Å². The lowest BCUT2D eigenvalue weighted by Gasteiger charge is -2.45. The van der Waals surface area contributed by atoms with Gasteiger partial charge in [0.15, 0.2) is 0 Å². The molecule has 2 aliphatic heterocycles. The fraction of sp³-hybridized carbons (Fsp3) is 0.667. The molecule has 2 heterocycles. The maximum atomic E-state index is 2.76. The summed E-state index contributed by atoms with van der Waals surface area (Å²) < 4.78 is 0. The van der Waals surface area contributed by atoms with Crippen LogP contribution in [0.4, 0.5) is 0 Å². The summed E-state index contributed by atoms with van der Waals surface area (Å²) >= 11 is 0. The van der Waals surface area contributed by atoms with Gasteiger partial charge in [-0.2, -0.15) is 0 Å². The number of hydrogen-bond donors (Lipinski definition) is 0. The van der Waals surface area contributed by atoms with E-state index in [1.165, 1.54) is 51.0 Å². The number of hydrogen-bond acceptors (Lipinski definition) is 2. The van der Waals surface area contributed by atoms with Crippen LogP contribution < -0.4 is 0 Å². The van der Waals surface area contributed by atoms with Gasteiger partial charge in [0, 0.05) is 31.7 Å². The Morgan fingerprint density at radius 3 is 2.75 bits per heavy atom. The first-order valence-corrected chi connectivity index (χ1v) is 8.31. The predicted molar refractivity (Wildman–Crippen MR) is 84.8 cm³/mol. The van der Waals surface area contributed by atoms with Gasteiger partial charge in [0.2, 0.25) is 0 Å². The van der Waals surface area contributed by atoms with Crippen LogP contribution in [0.3, 0.4) is 0 Å². The summed E-state index contributed by atoms with van der Waals surface area (Å²) in [5, 5.41) is 0. The van der Waals surface area contributed by atoms with Gasteiger partial charge in [0.05, 0.1) is 0 Å². The number of fused-ring (bicyclic) bond motifs is 1. The van der Waals surface area contributed by atoms with E-state index in [1.54, 1.807) is 0 Å². The molecule has 3 atom stereocenters. The van der Waals surface area contributed by atoms with E-state index in [-0.39, 0.29) is 0 Å². The predicted octanol–water partition coefficient (Wildman–Crippen LogP) is 3.55. The maximum Gasteiger partial charge on any atom is 0.0476 e. The molecule has 0 saturated carbocycles. The Bertz CT molecular complexity index is 417. The molecule has 3 unspecified atom stereocenters. The molecule has 0 radical (unpaired) electrons. The number of rotatable bonds is 4. The molecule has 2 nitrogen and oxygen atoms in total. The molecular formula is C18H28N2. The van der Waals surface area contributed by atoms with Crippen molar-refractivity contribution in [3.05, 3.63) is 35.9 Å². The molecule has 0 aliphatic carbocycles. The summed E-state index contributed by atoms with van der Waals surface area (Å²) in [5.74, 6) is 0.800. The third-order valence-corrected chi connectivity index (χ3v) is 5.22. The Hall–Kier alpha value is -0.860. The summed E-state index contributed by atoms with van der Waals surface area (Å²) in [5.41, 5.74) is 1.50. The lowest BCUT2D eigenvalue weighted by molar-refractivity contribution is 0.0405. The van der Waals surface area contributed by atoms with Crippen molar-refractivity contribution in [1.29, 1.82) is 0 Å². The van der Waals surface area contributed by atoms with Crippen molar-refractivity contribution in [2.24, 2.45) is 5.92 Å². The van der Waals surface area contributed by atoms with E-state index in [0.29, 0.717) is 6.04 Å². The fourth-order valence-electron chi connectivity index (χ4n) is 3.80. The van der Waals surface area contributed by atoms with Crippen LogP contribution >= 0.6 is 0 Å². The second kappa shape index (κ2) is 6.28. The van der Waals surface area contributed by atoms with E-state index in [4.69, 9.17) is 0 Å². The molecule has 3 rings (SSSR count). The third-order valence-electron chi connectivity index (χ3n) is 5.22. The molecule has 0 N–H and O–H groups in total. The van der Waals surface area contributed by atoms with E-state index >= 15 is 0 Å². The molecule has 0 bridgehead atoms. The van der Waals surface area contributed by atoms with Gasteiger partial charge in [0.1, 0.15) is 0 Å². The molecule has 0 amide bonds. The minimum Gasteiger partial charge on any atom is -0.297 e. The number of piperazine rings is 1. The average Bonchev–Trinajstić information content (AvgIpc) is 2.94. The minimum atomic E-state index is 0.597. The molecule has 2 aliphatic rings. The van der Waals surface area contributed by atoms with Crippen molar-refractivity contribution in [2.45, 2.75) is 45.2 Å². The molecule has 20 heavy (non-hydrogen) atoms. The van der Waals surface area contributed by atoms with Gasteiger partial charge in [-0.05, 0) is 30.9 Å². The highest BCUT2D eigenvalue weighted by atomic mass is 15.3. The van der Waals surface area contributed by atoms with Gasteiger partial charge in [-0.1, -0.05) is 50.6 Å². The minimum absolute atomic E-state index is 0.597. The summed E-state index contributed by atoms with van der Waals surface area (Å²) in [6.07, 6.45) is 4.08. The summed E-state index contributed by atoms with van der Waals surface area (Å²) in [6, 6.07) is 12.5. The first-order valence-electron chi connectivity index (χ1n) is 8.31. The Balaban J connectivity index is 1.79. The Morgan fingerprint density at radius 1 is 1.20 bits per heavy atom. The highest BCUT2D eigenvalue weighted by Gasteiger charge is 2.36. The smallest absolute Gasteiger partial charge is 0.0476 e. The van der Waals surface area contributed by atoms with Crippen LogP contribution in [-0.2, 0) is 0 Å². The van der Waals surface area contributed by atoms with Crippen LogP contribution in [0.2, 0.25) is 0 Å². The van der Waals surface area contributed by atoms with Gasteiger partial charge in [-0.25, -0.2) is 0 Å². The Morgan fingerprint density at radius 2 is 2.00 bits per heavy atom. The molecule has 1 aromatic rings. The molecule has 0 spiro atoms. The van der Waals surface area contributed by atoms with Crippen LogP contribution in [-0.4, -0.2) is 42.0 Å². The van der Waals surface area contributed by atoms with Crippen LogP contribution in [0.15, 0.2) is 30.3 Å². The molecule has 0 aromatic heterocycles. The van der Waals surface area contributed by atoms with Gasteiger partial charge < -0.3 is 0 Å². The Labute approximate surface area is 123 Å². The van der Waals surface area contributed by atoms with Crippen LogP contribution in [0.25, 0.3) is 0 Å². The maximum absolute atomic E-state index is 2.76. The number of nitrogens with zero attached hydrogens (tertiary/aromatic N) is 2. The second-order valence-electron chi connectivity index (χ2n) is 6.68. The van der Waals surface area contributed by atoms with Gasteiger partial charge in [0.25, 0.3) is 0 Å². The first kappa shape index (κ1) is 14.1. The molecule has 1 aromatic carbocycles. The lowest BCUT2D eigenvalue weighted by atomic mass is 9.97. The van der Waals surface area contributed by atoms with Crippen molar-refractivity contribution < 1.29 is 0 Å². The topological polar surface area (TPSA) is 6.48 Å². The highest BCUT2D eigenvalue weighted by molar-refractivity contribution is 5.20. The van der Waals surface area contributed by atoms with E-state index < -0.39 is 0 Å². The Kier molecular flexibility index (Phi) is 4.42. The van der Waals surface area contributed by atoms with E-state index in [9.17, 15) is 0 Å². The van der Waals surface area contributed by atoms with Crippen LogP contribution in [0.1, 0.15) is 44.7 Å². The molecule has 110 valence electrons. The van der Waals surface area contributed by atoms with Crippen molar-refractivity contribution in [1.82, 2.24) is 9.80 Å². The van der Waals surface area contributed by atoms with Gasteiger partial charge in [-0.3, -0.25) is 9.80 Å². The van der Waals surface area contributed by atoms with E-state index in [1.807, 2.05) is 0 Å². The first-order chi connectivity index (χ1) is 9.78. The van der Waals surface area contributed by atoms with Crippen molar-refractivity contribution in [2.75, 3.05) is 26.2 Å². The SMILES string of the molecule is CCC(C)CN1CC2CCCN2CC1c1ccccc1. The quantitative estimate of drug-likeness (QED) is 0.827. The highest BCUT2D eigenvalue weighted by Crippen LogP contribution is 2.33. The standard InChI is InChI=1S/C18H28N2/c1-3-15(2)12-20-13-17-10-7-11-19(17)14-18(20)16-8-5-4-6-9-16/h4-6,8-9,15,17-18H,3,7,10-14H2,1-2H3. The van der Waals surface area contributed by atoms with E-state index in [0.717, 1.165) is 12.0 Å². The normalized spacial score (nSPS) is 29.3. The molecule has 2 fully saturated rings. The zero-order valence-electron chi connectivity index (χ0n) is 13.0. The van der Waals surface area contributed by atoms with Crippen molar-refractivity contribution in [3.8, 4) is 0 Å². The zero-order valence-corrected chi connectivity index (χ0v) is 13.0. The van der Waals surface area contributed by atoms with Crippen LogP contribution in [0.5, 0.6) is 0 Å².